The minimum Gasteiger partial charge on any atom is -0.477 e. The highest BCUT2D eigenvalue weighted by Gasteiger charge is 2.18. The van der Waals surface area contributed by atoms with Gasteiger partial charge in [-0.2, -0.15) is 0 Å². The van der Waals surface area contributed by atoms with Crippen LogP contribution in [0.3, 0.4) is 0 Å². The molecule has 7 heteroatoms. The van der Waals surface area contributed by atoms with Crippen LogP contribution in [0.25, 0.3) is 0 Å². The maximum absolute atomic E-state index is 12.1. The fraction of sp³-hybridized carbons (Fsp3) is 0. The van der Waals surface area contributed by atoms with Crippen LogP contribution < -0.4 is 4.72 Å². The van der Waals surface area contributed by atoms with E-state index in [9.17, 15) is 13.2 Å². The van der Waals surface area contributed by atoms with Gasteiger partial charge in [0.05, 0.1) is 5.69 Å². The first kappa shape index (κ1) is 13.7. The molecular formula is C13H10N2O4S. The number of H-pyrrole nitrogens is 1. The van der Waals surface area contributed by atoms with Crippen LogP contribution in [-0.4, -0.2) is 24.5 Å². The van der Waals surface area contributed by atoms with Crippen LogP contribution in [0.5, 0.6) is 0 Å². The van der Waals surface area contributed by atoms with Gasteiger partial charge in [-0.3, -0.25) is 4.72 Å². The lowest BCUT2D eigenvalue weighted by atomic mass is 10.2. The first-order valence-electron chi connectivity index (χ1n) is 5.43. The molecule has 1 heterocycles. The maximum Gasteiger partial charge on any atom is 0.352 e. The van der Waals surface area contributed by atoms with Crippen molar-refractivity contribution in [3.8, 4) is 12.3 Å². The number of hydrogen-bond donors (Lipinski definition) is 3. The molecule has 0 aliphatic carbocycles. The Bertz CT molecular complexity index is 800. The predicted octanol–water partition coefficient (Wildman–Crippen LogP) is 1.50. The van der Waals surface area contributed by atoms with Gasteiger partial charge in [-0.25, -0.2) is 13.2 Å². The lowest BCUT2D eigenvalue weighted by Gasteiger charge is -2.06. The first-order chi connectivity index (χ1) is 9.42. The van der Waals surface area contributed by atoms with Crippen LogP contribution in [0, 0.1) is 12.3 Å². The summed E-state index contributed by atoms with van der Waals surface area (Å²) in [5, 5.41) is 8.75. The number of aromatic nitrogens is 1. The molecule has 20 heavy (non-hydrogen) atoms. The van der Waals surface area contributed by atoms with E-state index >= 15 is 0 Å². The smallest absolute Gasteiger partial charge is 0.352 e. The van der Waals surface area contributed by atoms with Crippen molar-refractivity contribution in [1.82, 2.24) is 4.98 Å². The predicted molar refractivity (Wildman–Crippen MR) is 72.9 cm³/mol. The summed E-state index contributed by atoms with van der Waals surface area (Å²) in [6.45, 7) is 0. The fourth-order valence-corrected chi connectivity index (χ4v) is 2.58. The molecule has 0 aliphatic heterocycles. The van der Waals surface area contributed by atoms with Crippen molar-refractivity contribution in [3.63, 3.8) is 0 Å². The molecular weight excluding hydrogens is 280 g/mol. The Kier molecular flexibility index (Phi) is 3.50. The largest absolute Gasteiger partial charge is 0.477 e. The number of anilines is 1. The molecule has 0 unspecified atom stereocenters. The van der Waals surface area contributed by atoms with Crippen LogP contribution in [0.15, 0.2) is 41.4 Å². The highest BCUT2D eigenvalue weighted by atomic mass is 32.2. The average molecular weight is 290 g/mol. The molecule has 0 atom stereocenters. The molecule has 0 bridgehead atoms. The second-order valence-corrected chi connectivity index (χ2v) is 5.57. The minimum absolute atomic E-state index is 0.166. The molecule has 0 aliphatic rings. The average Bonchev–Trinajstić information content (AvgIpc) is 2.89. The summed E-state index contributed by atoms with van der Waals surface area (Å²) in [6, 6.07) is 7.37. The Balaban J connectivity index is 2.30. The van der Waals surface area contributed by atoms with Gasteiger partial charge >= 0.3 is 5.97 Å². The summed E-state index contributed by atoms with van der Waals surface area (Å²) in [7, 11) is -3.86. The van der Waals surface area contributed by atoms with Crippen LogP contribution >= 0.6 is 0 Å². The summed E-state index contributed by atoms with van der Waals surface area (Å²) in [6.07, 6.45) is 6.34. The van der Waals surface area contributed by atoms with E-state index in [1.807, 2.05) is 0 Å². The molecule has 0 saturated carbocycles. The molecule has 0 saturated heterocycles. The van der Waals surface area contributed by atoms with E-state index in [1.165, 1.54) is 6.07 Å². The third kappa shape index (κ3) is 2.81. The Hall–Kier alpha value is -2.72. The zero-order valence-corrected chi connectivity index (χ0v) is 10.9. The number of benzene rings is 1. The van der Waals surface area contributed by atoms with Crippen molar-refractivity contribution < 1.29 is 18.3 Å². The number of carboxylic acid groups (broad SMARTS) is 1. The summed E-state index contributed by atoms with van der Waals surface area (Å²) in [5.74, 6) is 1.16. The van der Waals surface area contributed by atoms with Gasteiger partial charge < -0.3 is 10.1 Å². The van der Waals surface area contributed by atoms with Crippen molar-refractivity contribution in [2.24, 2.45) is 0 Å². The number of hydrogen-bond acceptors (Lipinski definition) is 3. The van der Waals surface area contributed by atoms with Crippen molar-refractivity contribution in [1.29, 1.82) is 0 Å². The van der Waals surface area contributed by atoms with Gasteiger partial charge in [0.1, 0.15) is 10.6 Å². The number of aromatic carboxylic acids is 1. The van der Waals surface area contributed by atoms with E-state index in [0.29, 0.717) is 11.3 Å². The van der Waals surface area contributed by atoms with E-state index in [1.54, 1.807) is 18.2 Å². The zero-order chi connectivity index (χ0) is 14.8. The molecule has 0 radical (unpaired) electrons. The van der Waals surface area contributed by atoms with Gasteiger partial charge in [-0.15, -0.1) is 6.42 Å². The lowest BCUT2D eigenvalue weighted by molar-refractivity contribution is 0.0691. The van der Waals surface area contributed by atoms with Crippen LogP contribution in [0.4, 0.5) is 5.69 Å². The molecule has 0 spiro atoms. The standard InChI is InChI=1S/C13H10N2O4S/c1-2-9-4-3-5-10(6-9)15-20(18,19)11-7-12(13(16)17)14-8-11/h1,3-8,14-15H,(H,16,17). The third-order valence-electron chi connectivity index (χ3n) is 2.48. The molecule has 6 nitrogen and oxygen atoms in total. The normalized spacial score (nSPS) is 10.8. The second-order valence-electron chi connectivity index (χ2n) is 3.88. The highest BCUT2D eigenvalue weighted by molar-refractivity contribution is 7.92. The third-order valence-corrected chi connectivity index (χ3v) is 3.84. The first-order valence-corrected chi connectivity index (χ1v) is 6.92. The van der Waals surface area contributed by atoms with E-state index in [-0.39, 0.29) is 10.6 Å². The van der Waals surface area contributed by atoms with Crippen molar-refractivity contribution in [2.45, 2.75) is 4.90 Å². The number of sulfonamides is 1. The topological polar surface area (TPSA) is 99.3 Å². The van der Waals surface area contributed by atoms with Gasteiger partial charge in [0.15, 0.2) is 0 Å². The van der Waals surface area contributed by atoms with Crippen LogP contribution in [-0.2, 0) is 10.0 Å². The maximum atomic E-state index is 12.1. The van der Waals surface area contributed by atoms with Gasteiger partial charge in [-0.1, -0.05) is 12.0 Å². The minimum atomic E-state index is -3.86. The SMILES string of the molecule is C#Cc1cccc(NS(=O)(=O)c2c[nH]c(C(=O)O)c2)c1. The molecule has 3 N–H and O–H groups in total. The summed E-state index contributed by atoms with van der Waals surface area (Å²) in [5.41, 5.74) is 0.631. The van der Waals surface area contributed by atoms with E-state index in [0.717, 1.165) is 12.3 Å². The van der Waals surface area contributed by atoms with Crippen molar-refractivity contribution in [3.05, 3.63) is 47.8 Å². The van der Waals surface area contributed by atoms with Crippen LogP contribution in [0.2, 0.25) is 0 Å². The van der Waals surface area contributed by atoms with Gasteiger partial charge in [-0.05, 0) is 24.3 Å². The van der Waals surface area contributed by atoms with Crippen molar-refractivity contribution in [2.75, 3.05) is 4.72 Å². The Morgan fingerprint density at radius 3 is 2.70 bits per heavy atom. The quantitative estimate of drug-likeness (QED) is 0.743. The molecule has 0 amide bonds. The zero-order valence-electron chi connectivity index (χ0n) is 10.1. The number of rotatable bonds is 4. The van der Waals surface area contributed by atoms with Crippen LogP contribution in [0.1, 0.15) is 16.1 Å². The molecule has 1 aromatic carbocycles. The number of nitrogens with one attached hydrogen (secondary N) is 2. The van der Waals surface area contributed by atoms with Gasteiger partial charge in [0.25, 0.3) is 10.0 Å². The Morgan fingerprint density at radius 1 is 1.35 bits per heavy atom. The lowest BCUT2D eigenvalue weighted by Crippen LogP contribution is -2.12. The number of carbonyl (C=O) groups is 1. The molecule has 1 aromatic heterocycles. The van der Waals surface area contributed by atoms with E-state index in [2.05, 4.69) is 15.6 Å². The molecule has 2 aromatic rings. The molecule has 2 rings (SSSR count). The summed E-state index contributed by atoms with van der Waals surface area (Å²) < 4.78 is 26.4. The fourth-order valence-electron chi connectivity index (χ4n) is 1.54. The number of terminal acetylenes is 1. The Morgan fingerprint density at radius 2 is 2.10 bits per heavy atom. The monoisotopic (exact) mass is 290 g/mol. The summed E-state index contributed by atoms with van der Waals surface area (Å²) >= 11 is 0. The number of aromatic amines is 1. The second kappa shape index (κ2) is 5.11. The van der Waals surface area contributed by atoms with E-state index in [4.69, 9.17) is 11.5 Å². The number of carboxylic acids is 1. The Labute approximate surface area is 115 Å². The van der Waals surface area contributed by atoms with Crippen molar-refractivity contribution >= 4 is 21.7 Å². The summed E-state index contributed by atoms with van der Waals surface area (Å²) in [4.78, 5) is 12.9. The molecule has 0 fully saturated rings. The molecule has 102 valence electrons. The van der Waals surface area contributed by atoms with E-state index < -0.39 is 16.0 Å². The van der Waals surface area contributed by atoms with Gasteiger partial charge in [0, 0.05) is 11.8 Å². The highest BCUT2D eigenvalue weighted by Crippen LogP contribution is 2.17. The van der Waals surface area contributed by atoms with Gasteiger partial charge in [0.2, 0.25) is 0 Å².